The number of hydrogen-bond acceptors (Lipinski definition) is 14. The molecule has 0 unspecified atom stereocenters. The fourth-order valence-electron chi connectivity index (χ4n) is 12.1. The molecule has 1 saturated heterocycles. The first kappa shape index (κ1) is 102. The lowest BCUT2D eigenvalue weighted by Crippen LogP contribution is -2.53. The molecule has 22 nitrogen and oxygen atoms in total. The molecule has 3 atom stereocenters. The topological polar surface area (TPSA) is 306 Å². The van der Waals surface area contributed by atoms with Gasteiger partial charge in [-0.3, -0.25) is 52.7 Å². The Morgan fingerprint density at radius 1 is 0.592 bits per heavy atom. The number of alkyl halides is 22. The van der Waals surface area contributed by atoms with E-state index in [2.05, 4.69) is 9.97 Å². The molecule has 3 aromatic carbocycles. The number of rotatable bonds is 11. The number of nitrogens with two attached hydrogens (primary N) is 1. The van der Waals surface area contributed by atoms with Crippen molar-refractivity contribution in [2.75, 3.05) is 31.8 Å². The van der Waals surface area contributed by atoms with Crippen LogP contribution in [0.25, 0.3) is 44.1 Å². The van der Waals surface area contributed by atoms with Crippen LogP contribution in [-0.4, -0.2) is 125 Å². The number of aliphatic carboxylic acids is 2. The van der Waals surface area contributed by atoms with E-state index in [1.54, 1.807) is 40.8 Å². The largest absolute Gasteiger partial charge is 0.480 e. The lowest BCUT2D eigenvalue weighted by molar-refractivity contribution is -0.167. The molecular formula is C78H69F24IN10O12. The summed E-state index contributed by atoms with van der Waals surface area (Å²) in [6.45, 7) is 4.92. The summed E-state index contributed by atoms with van der Waals surface area (Å²) in [7, 11) is 4.01. The maximum Gasteiger partial charge on any atom is 0.446 e. The number of halogens is 25. The maximum atomic E-state index is 15.1. The Morgan fingerprint density at radius 3 is 1.38 bits per heavy atom. The highest BCUT2D eigenvalue weighted by molar-refractivity contribution is 14.1. The van der Waals surface area contributed by atoms with Gasteiger partial charge in [0.2, 0.25) is 11.8 Å². The third-order valence-electron chi connectivity index (χ3n) is 18.2. The molecular weight excluding hydrogens is 1850 g/mol. The van der Waals surface area contributed by atoms with Gasteiger partial charge in [-0.1, -0.05) is 36.4 Å². The third-order valence-corrected chi connectivity index (χ3v) is 19.5. The first-order valence-corrected chi connectivity index (χ1v) is 36.0. The molecule has 678 valence electrons. The number of aryl methyl sites for hydroxylation is 6. The molecule has 1 aliphatic heterocycles. The van der Waals surface area contributed by atoms with Crippen molar-refractivity contribution < 1.29 is 141 Å². The van der Waals surface area contributed by atoms with E-state index in [4.69, 9.17) is 21.7 Å². The van der Waals surface area contributed by atoms with Gasteiger partial charge >= 0.3 is 55.2 Å². The second-order valence-electron chi connectivity index (χ2n) is 26.8. The van der Waals surface area contributed by atoms with E-state index in [1.807, 2.05) is 10.3 Å². The zero-order valence-electron chi connectivity index (χ0n) is 66.7. The first-order chi connectivity index (χ1) is 57.9. The average molecular weight is 1920 g/mol. The molecule has 1 aliphatic rings. The van der Waals surface area contributed by atoms with E-state index < -0.39 is 184 Å². The fraction of sp³-hybridized carbons (Fsp3) is 0.321. The van der Waals surface area contributed by atoms with Gasteiger partial charge in [-0.25, -0.2) is 13.6 Å². The Hall–Kier alpha value is -11.9. The van der Waals surface area contributed by atoms with Crippen LogP contribution in [0.4, 0.5) is 111 Å². The van der Waals surface area contributed by atoms with E-state index in [-0.39, 0.29) is 89.7 Å². The van der Waals surface area contributed by atoms with Crippen LogP contribution >= 0.6 is 22.6 Å². The van der Waals surface area contributed by atoms with Gasteiger partial charge in [-0.05, 0) is 127 Å². The van der Waals surface area contributed by atoms with Crippen LogP contribution in [0, 0.1) is 49.8 Å². The molecule has 11 rings (SSSR count). The number of aromatic nitrogens is 7. The molecule has 0 radical (unpaired) electrons. The van der Waals surface area contributed by atoms with Gasteiger partial charge in [0.15, 0.2) is 0 Å². The standard InChI is InChI=1S/C32H26F8N4O5.C20H18F3N3O3.C8H7F3INO.C8H8F3NO.C7H6F3NO.C2HF3O.CH3F/c1-15-20(31(35,36)37)13-43(2)29(46)25(15)19-6-5-16(18-4-3-7-41-27(18)19)10-23(30(47)48)42-28(45)26-21(33)11-17(12-22(26)34)44-8-9-49-14-24(44)32(38,39)40;1-10-14(20(21,22)23)9-26(2)18(27)16(10)13-6-5-11(8-15(24)19(28)29)12-4-3-7-25-17(12)13;1-4-5(8(9,10)11)3-13(2)7(14)6(4)12;1-5-3-7(13)12(2)4-6(5)8(9,10)11;1-4-2-6(12)11-3-5(4)7(8,9)10;3-2(4,5)1-6;1-2/h3-7,11-13,23-24H,8-10,14H2,1-2H3,(H,42,45)(H,47,48);3-7,9,15H,8,24H2,1-2H3,(H,28,29);3H,1-2H3;3-4H,1-2H3;2-3H,1H3,(H,11,12);1H;1H3/t23-,24+;15-;;;;;/m00...../s1/i;;;;;;1D. The third kappa shape index (κ3) is 26.3. The van der Waals surface area contributed by atoms with Crippen molar-refractivity contribution in [3.8, 4) is 22.3 Å². The Kier molecular flexibility index (Phi) is 33.6. The molecule has 0 bridgehead atoms. The maximum absolute atomic E-state index is 15.1. The number of fused-ring (bicyclic) bond motifs is 2. The normalized spacial score (nSPS) is 13.7. The van der Waals surface area contributed by atoms with Gasteiger partial charge in [0.1, 0.15) is 35.3 Å². The lowest BCUT2D eigenvalue weighted by Gasteiger charge is -2.38. The SMILES string of the molecule is Cc1c(C(F)(F)F)cn(C)c(=O)c1-c1ccc(C[C@H](N)C(=O)O)c2cccnc12.Cc1c(C(F)(F)F)cn(C)c(=O)c1-c1ccc(C[C@H](NC(=O)c2c(F)cc(N3CCOC[C@@H]3C(F)(F)F)cc2F)C(=O)O)c2cccnc12.Cc1c(C(F)(F)F)cn(C)c(=O)c1I.Cc1cc(=O)[nH]cc1C(F)(F)F.Cc1cc(=O)n(C)cc1C(F)(F)F.O=CC(F)(F)F.[2H]CF. The summed E-state index contributed by atoms with van der Waals surface area (Å²) in [5.74, 6) is -7.39. The number of anilines is 1. The molecule has 10 aromatic rings. The number of morpholine rings is 1. The van der Waals surface area contributed by atoms with Gasteiger partial charge in [-0.2, -0.15) is 92.2 Å². The summed E-state index contributed by atoms with van der Waals surface area (Å²) >= 11 is 1.63. The lowest BCUT2D eigenvalue weighted by atomic mass is 9.92. The van der Waals surface area contributed by atoms with Crippen LogP contribution in [0.15, 0.2) is 140 Å². The number of carbonyl (C=O) groups is 4. The van der Waals surface area contributed by atoms with Gasteiger partial charge in [0.25, 0.3) is 28.1 Å². The minimum atomic E-state index is -4.79. The van der Waals surface area contributed by atoms with Gasteiger partial charge < -0.3 is 54.2 Å². The van der Waals surface area contributed by atoms with Crippen LogP contribution in [0.5, 0.6) is 0 Å². The van der Waals surface area contributed by atoms with E-state index in [1.165, 1.54) is 91.6 Å². The minimum absolute atomic E-state index is 0.0113. The number of ether oxygens (including phenoxy) is 1. The molecule has 7 aromatic heterocycles. The van der Waals surface area contributed by atoms with E-state index in [0.29, 0.717) is 45.9 Å². The Bertz CT molecular complexity index is 5960. The number of aromatic amines is 1. The summed E-state index contributed by atoms with van der Waals surface area (Å²) in [5.41, 5.74) is -2.77. The number of carboxylic acid groups (broad SMARTS) is 2. The number of H-pyrrole nitrogens is 1. The van der Waals surface area contributed by atoms with Crippen molar-refractivity contribution in [2.45, 2.75) is 109 Å². The second-order valence-corrected chi connectivity index (χ2v) is 27.9. The van der Waals surface area contributed by atoms with E-state index >= 15 is 8.78 Å². The quantitative estimate of drug-likeness (QED) is 0.0456. The van der Waals surface area contributed by atoms with Crippen molar-refractivity contribution in [1.82, 2.24) is 38.5 Å². The first-order valence-electron chi connectivity index (χ1n) is 35.6. The number of nitrogens with one attached hydrogen (secondary N) is 2. The number of benzene rings is 3. The highest BCUT2D eigenvalue weighted by Gasteiger charge is 2.47. The Balaban J connectivity index is 0.000000306. The Labute approximate surface area is 703 Å². The average Bonchev–Trinajstić information content (AvgIpc) is 0.746. The van der Waals surface area contributed by atoms with Crippen LogP contribution in [0.3, 0.4) is 0 Å². The molecule has 0 aliphatic carbocycles. The van der Waals surface area contributed by atoms with Gasteiger partial charge in [0, 0.05) is 124 Å². The molecule has 47 heteroatoms. The number of nitrogens with zero attached hydrogens (tertiary/aromatic N) is 7. The Morgan fingerprint density at radius 2 is 0.992 bits per heavy atom. The number of amides is 1. The van der Waals surface area contributed by atoms with Crippen LogP contribution < -0.4 is 43.7 Å². The smallest absolute Gasteiger partial charge is 0.446 e. The number of hydrogen-bond donors (Lipinski definition) is 5. The zero-order valence-corrected chi connectivity index (χ0v) is 67.8. The van der Waals surface area contributed by atoms with Crippen LogP contribution in [0.2, 0.25) is 0 Å². The molecule has 1 amide bonds. The predicted octanol–water partition coefficient (Wildman–Crippen LogP) is 15.3. The highest BCUT2D eigenvalue weighted by Crippen LogP contribution is 2.41. The van der Waals surface area contributed by atoms with Gasteiger partial charge in [0.05, 0.1) is 75.3 Å². The number of carbonyl (C=O) groups excluding carboxylic acids is 2. The summed E-state index contributed by atoms with van der Waals surface area (Å²) in [5, 5.41) is 21.7. The minimum Gasteiger partial charge on any atom is -0.480 e. The van der Waals surface area contributed by atoms with Crippen LogP contribution in [0.1, 0.15) is 78.5 Å². The van der Waals surface area contributed by atoms with Crippen molar-refractivity contribution in [1.29, 1.82) is 0 Å². The molecule has 0 saturated carbocycles. The zero-order chi connectivity index (χ0) is 96.1. The molecule has 1 fully saturated rings. The number of carboxylic acids is 2. The summed E-state index contributed by atoms with van der Waals surface area (Å²) in [6, 6.07) is 9.68. The van der Waals surface area contributed by atoms with E-state index in [0.717, 1.165) is 63.0 Å². The fourth-order valence-corrected chi connectivity index (χ4v) is 12.8. The second kappa shape index (κ2) is 41.3. The van der Waals surface area contributed by atoms with E-state index in [9.17, 15) is 140 Å². The molecule has 125 heavy (non-hydrogen) atoms. The summed E-state index contributed by atoms with van der Waals surface area (Å²) < 4.78 is 318. The molecule has 0 spiro atoms. The van der Waals surface area contributed by atoms with Crippen molar-refractivity contribution in [2.24, 2.45) is 33.9 Å². The van der Waals surface area contributed by atoms with Gasteiger partial charge in [-0.15, -0.1) is 0 Å². The van der Waals surface area contributed by atoms with Crippen molar-refractivity contribution in [3.05, 3.63) is 255 Å². The number of pyridine rings is 7. The summed E-state index contributed by atoms with van der Waals surface area (Å²) in [6.07, 6.45) is -27.1. The summed E-state index contributed by atoms with van der Waals surface area (Å²) in [4.78, 5) is 115. The highest BCUT2D eigenvalue weighted by atomic mass is 127. The van der Waals surface area contributed by atoms with Crippen LogP contribution in [-0.2, 0) is 91.0 Å². The molecule has 6 N–H and O–H groups in total. The molecule has 8 heterocycles. The van der Waals surface area contributed by atoms with Crippen molar-refractivity contribution in [3.63, 3.8) is 0 Å². The number of aldehydes is 1. The van der Waals surface area contributed by atoms with Crippen molar-refractivity contribution >= 4 is 74.2 Å². The monoisotopic (exact) mass is 1920 g/mol. The predicted molar refractivity (Wildman–Crippen MR) is 412 cm³/mol.